The van der Waals surface area contributed by atoms with E-state index in [0.717, 1.165) is 6.42 Å². The van der Waals surface area contributed by atoms with Crippen molar-refractivity contribution in [1.29, 1.82) is 0 Å². The Hall–Kier alpha value is -1.71. The number of hydrogen-bond acceptors (Lipinski definition) is 9. The number of carbonyl (C=O) groups is 2. The number of esters is 1. The lowest BCUT2D eigenvalue weighted by atomic mass is 10.2. The molecule has 4 N–H and O–H groups in total. The number of allylic oxidation sites excluding steroid dienone is 1. The Bertz CT molecular complexity index is 1060. The van der Waals surface area contributed by atoms with E-state index < -0.39 is 34.9 Å². The largest absolute Gasteiger partial charge is 0.458 e. The second-order valence-corrected chi connectivity index (χ2v) is 24.7. The average Bonchev–Trinajstić information content (AvgIpc) is 3.65. The highest BCUT2D eigenvalue weighted by Gasteiger charge is 2.40. The number of aliphatic hydroxyl groups is 4. The van der Waals surface area contributed by atoms with Gasteiger partial charge in [-0.05, 0) is 48.4 Å². The van der Waals surface area contributed by atoms with E-state index >= 15 is 0 Å². The van der Waals surface area contributed by atoms with Gasteiger partial charge in [0.2, 0.25) is 0 Å². The first kappa shape index (κ1) is 41.3. The van der Waals surface area contributed by atoms with Gasteiger partial charge in [0.05, 0.1) is 36.6 Å². The summed E-state index contributed by atoms with van der Waals surface area (Å²) >= 11 is 0. The molecule has 0 aromatic rings. The normalized spacial score (nSPS) is 29.0. The summed E-state index contributed by atoms with van der Waals surface area (Å²) in [6.45, 7) is 23.6. The van der Waals surface area contributed by atoms with Gasteiger partial charge in [-0.15, -0.1) is 0 Å². The number of rotatable bonds is 5. The molecule has 4 aliphatic rings. The van der Waals surface area contributed by atoms with Crippen LogP contribution < -0.4 is 0 Å². The molecule has 0 aromatic carbocycles. The van der Waals surface area contributed by atoms with Crippen molar-refractivity contribution in [3.8, 4) is 0 Å². The van der Waals surface area contributed by atoms with E-state index in [9.17, 15) is 14.7 Å². The standard InChI is InChI=1S/C11H22O2Si.C11H20O2Si.C7H10O3.C5H8O2/c2*1-11(2,3)14(4,5)13-10-7-6-9(12)8-10;1-5(8)10-7-3-2-6(9)4-7;6-4-1-2-5(7)3-4/h6-7,9-10,12H,8H2,1-5H3;6-7,10H,8H2,1-5H3;2-3,6-7,9H,4H2,1H3;1-2,4-7H,3H2/t9-,10+;10-;6-,7+;4-,5+/m101./s1. The van der Waals surface area contributed by atoms with Crippen LogP contribution in [0.25, 0.3) is 0 Å². The Morgan fingerprint density at radius 3 is 1.31 bits per heavy atom. The molecule has 0 aromatic heterocycles. The summed E-state index contributed by atoms with van der Waals surface area (Å²) in [5.41, 5.74) is 0. The number of ether oxygens (including phenoxy) is 1. The molecular formula is C34H60O9Si2. The van der Waals surface area contributed by atoms with E-state index in [1.54, 1.807) is 30.4 Å². The van der Waals surface area contributed by atoms with Gasteiger partial charge >= 0.3 is 5.97 Å². The van der Waals surface area contributed by atoms with Crippen LogP contribution in [0.15, 0.2) is 48.6 Å². The van der Waals surface area contributed by atoms with E-state index in [0.29, 0.717) is 19.3 Å². The van der Waals surface area contributed by atoms with Crippen LogP contribution in [0.2, 0.25) is 36.3 Å². The molecule has 7 atom stereocenters. The monoisotopic (exact) mass is 668 g/mol. The first-order chi connectivity index (χ1) is 20.4. The molecule has 258 valence electrons. The van der Waals surface area contributed by atoms with Crippen molar-refractivity contribution < 1.29 is 43.6 Å². The fraction of sp³-hybridized carbons (Fsp3) is 0.706. The number of carbonyl (C=O) groups excluding carboxylic acids is 2. The minimum absolute atomic E-state index is 0.0309. The predicted octanol–water partition coefficient (Wildman–Crippen LogP) is 5.51. The Balaban J connectivity index is 0.000000309. The molecule has 9 nitrogen and oxygen atoms in total. The first-order valence-corrected chi connectivity index (χ1v) is 21.7. The number of hydrogen-bond donors (Lipinski definition) is 4. The lowest BCUT2D eigenvalue weighted by Gasteiger charge is -2.38. The quantitative estimate of drug-likeness (QED) is 0.169. The fourth-order valence-electron chi connectivity index (χ4n) is 4.08. The van der Waals surface area contributed by atoms with Crippen LogP contribution in [-0.4, -0.2) is 91.5 Å². The predicted molar refractivity (Wildman–Crippen MR) is 184 cm³/mol. The molecule has 4 aliphatic carbocycles. The maximum Gasteiger partial charge on any atom is 0.303 e. The molecule has 0 aliphatic heterocycles. The molecule has 0 radical (unpaired) electrons. The van der Waals surface area contributed by atoms with Gasteiger partial charge in [0.25, 0.3) is 0 Å². The molecule has 0 fully saturated rings. The van der Waals surface area contributed by atoms with Crippen molar-refractivity contribution >= 4 is 28.4 Å². The highest BCUT2D eigenvalue weighted by atomic mass is 28.4. The summed E-state index contributed by atoms with van der Waals surface area (Å²) in [5, 5.41) is 36.0. The molecular weight excluding hydrogens is 609 g/mol. The molecule has 0 heterocycles. The average molecular weight is 669 g/mol. The second-order valence-electron chi connectivity index (χ2n) is 15.1. The molecule has 0 bridgehead atoms. The van der Waals surface area contributed by atoms with Gasteiger partial charge in [-0.1, -0.05) is 78.0 Å². The van der Waals surface area contributed by atoms with Gasteiger partial charge in [-0.25, -0.2) is 0 Å². The van der Waals surface area contributed by atoms with Crippen LogP contribution >= 0.6 is 0 Å². The molecule has 0 spiro atoms. The second kappa shape index (κ2) is 17.4. The van der Waals surface area contributed by atoms with Crippen molar-refractivity contribution in [2.45, 2.75) is 153 Å². The van der Waals surface area contributed by atoms with Crippen LogP contribution in [0.4, 0.5) is 0 Å². The summed E-state index contributed by atoms with van der Waals surface area (Å²) in [4.78, 5) is 21.4. The van der Waals surface area contributed by atoms with E-state index in [1.165, 1.54) is 6.92 Å². The van der Waals surface area contributed by atoms with Crippen LogP contribution in [0, 0.1) is 0 Å². The summed E-state index contributed by atoms with van der Waals surface area (Å²) in [7, 11) is -3.36. The zero-order valence-corrected chi connectivity index (χ0v) is 31.3. The van der Waals surface area contributed by atoms with Crippen LogP contribution in [0.3, 0.4) is 0 Å². The molecule has 11 heteroatoms. The third-order valence-electron chi connectivity index (χ3n) is 8.80. The van der Waals surface area contributed by atoms with Gasteiger partial charge in [0.15, 0.2) is 22.4 Å². The van der Waals surface area contributed by atoms with Gasteiger partial charge in [-0.2, -0.15) is 0 Å². The van der Waals surface area contributed by atoms with E-state index in [-0.39, 0.29) is 46.2 Å². The highest BCUT2D eigenvalue weighted by molar-refractivity contribution is 6.74. The molecule has 0 saturated carbocycles. The van der Waals surface area contributed by atoms with E-state index in [1.807, 2.05) is 18.2 Å². The maximum absolute atomic E-state index is 11.0. The topological polar surface area (TPSA) is 143 Å². The van der Waals surface area contributed by atoms with Crippen molar-refractivity contribution in [3.05, 3.63) is 48.6 Å². The molecule has 4 rings (SSSR count). The van der Waals surface area contributed by atoms with Crippen molar-refractivity contribution in [2.24, 2.45) is 0 Å². The smallest absolute Gasteiger partial charge is 0.303 e. The van der Waals surface area contributed by atoms with Crippen LogP contribution in [0.1, 0.15) is 74.1 Å². The van der Waals surface area contributed by atoms with Crippen LogP contribution in [0.5, 0.6) is 0 Å². The maximum atomic E-state index is 11.0. The SMILES string of the molecule is CC(=O)O[C@H]1C=C[C@@H](O)C1.CC(C)(C)[Si](C)(C)O[C@H]1C=CC(=O)C1.CC(C)(C)[Si](C)(C)O[C@H]1C=C[C@@H](O)C1.O[C@@H]1C=C[C@H](O)C1. The summed E-state index contributed by atoms with van der Waals surface area (Å²) < 4.78 is 17.0. The lowest BCUT2D eigenvalue weighted by Crippen LogP contribution is -2.43. The third-order valence-corrected chi connectivity index (χ3v) is 17.8. The number of ketones is 1. The lowest BCUT2D eigenvalue weighted by molar-refractivity contribution is -0.144. The van der Waals surface area contributed by atoms with Gasteiger partial charge in [-0.3, -0.25) is 9.59 Å². The summed E-state index contributed by atoms with van der Waals surface area (Å²) in [6, 6.07) is 0. The van der Waals surface area contributed by atoms with Crippen LogP contribution in [-0.2, 0) is 23.2 Å². The minimum atomic E-state index is -1.70. The minimum Gasteiger partial charge on any atom is -0.458 e. The Morgan fingerprint density at radius 1 is 0.644 bits per heavy atom. The Kier molecular flexibility index (Phi) is 16.0. The highest BCUT2D eigenvalue weighted by Crippen LogP contribution is 2.39. The molecule has 0 saturated heterocycles. The fourth-order valence-corrected chi connectivity index (χ4v) is 6.64. The summed E-state index contributed by atoms with van der Waals surface area (Å²) in [6.07, 6.45) is 14.5. The molecule has 0 amide bonds. The zero-order chi connectivity index (χ0) is 34.8. The van der Waals surface area contributed by atoms with Gasteiger partial charge in [0.1, 0.15) is 6.10 Å². The van der Waals surface area contributed by atoms with E-state index in [4.69, 9.17) is 28.9 Å². The van der Waals surface area contributed by atoms with Gasteiger partial charge < -0.3 is 34.0 Å². The third kappa shape index (κ3) is 15.6. The molecule has 0 unspecified atom stereocenters. The van der Waals surface area contributed by atoms with E-state index in [2.05, 4.69) is 67.7 Å². The zero-order valence-electron chi connectivity index (χ0n) is 29.3. The molecule has 45 heavy (non-hydrogen) atoms. The number of aliphatic hydroxyl groups excluding tert-OH is 4. The Labute approximate surface area is 273 Å². The van der Waals surface area contributed by atoms with Crippen molar-refractivity contribution in [2.75, 3.05) is 0 Å². The summed E-state index contributed by atoms with van der Waals surface area (Å²) in [5.74, 6) is -0.113. The van der Waals surface area contributed by atoms with Crippen molar-refractivity contribution in [1.82, 2.24) is 0 Å². The Morgan fingerprint density at radius 2 is 1.02 bits per heavy atom. The first-order valence-electron chi connectivity index (χ1n) is 15.9. The van der Waals surface area contributed by atoms with Gasteiger partial charge in [0, 0.05) is 32.6 Å². The van der Waals surface area contributed by atoms with Crippen molar-refractivity contribution in [3.63, 3.8) is 0 Å².